The Morgan fingerprint density at radius 1 is 1.13 bits per heavy atom. The number of nitrogens with one attached hydrogen (secondary N) is 1. The van der Waals surface area contributed by atoms with Gasteiger partial charge in [-0.3, -0.25) is 9.59 Å². The summed E-state index contributed by atoms with van der Waals surface area (Å²) < 4.78 is 0. The monoisotopic (exact) mass is 225 g/mol. The molecule has 1 amide bonds. The molecule has 0 aliphatic heterocycles. The van der Waals surface area contributed by atoms with Gasteiger partial charge >= 0.3 is 0 Å². The summed E-state index contributed by atoms with van der Waals surface area (Å²) in [6.45, 7) is 0.482. The Balaban J connectivity index is 2.26. The fourth-order valence-corrected chi connectivity index (χ4v) is 1.19. The van der Waals surface area contributed by atoms with E-state index in [0.29, 0.717) is 6.54 Å². The molecule has 0 saturated heterocycles. The van der Waals surface area contributed by atoms with Crippen molar-refractivity contribution < 1.29 is 9.59 Å². The smallest absolute Gasteiger partial charge is 0.222 e. The molecule has 1 aromatic carbocycles. The van der Waals surface area contributed by atoms with E-state index in [9.17, 15) is 9.59 Å². The normalized spacial score (nSPS) is 9.67. The fourth-order valence-electron chi connectivity index (χ4n) is 1.10. The molecule has 4 heteroatoms. The average Bonchev–Trinajstić information content (AvgIpc) is 2.25. The molecule has 80 valence electrons. The van der Waals surface area contributed by atoms with Crippen LogP contribution in [-0.4, -0.2) is 11.1 Å². The molecule has 0 spiro atoms. The number of rotatable bonds is 5. The van der Waals surface area contributed by atoms with Crippen molar-refractivity contribution in [1.29, 1.82) is 0 Å². The average molecular weight is 226 g/mol. The summed E-state index contributed by atoms with van der Waals surface area (Å²) in [7, 11) is 0. The standard InChI is InChI=1S/C11H12ClNO2/c12-10(14)6-7-11(15)13-8-9-4-2-1-3-5-9/h1-5H,6-8H2,(H,13,15). The summed E-state index contributed by atoms with van der Waals surface area (Å²) in [5, 5.41) is 2.22. The minimum atomic E-state index is -0.482. The molecule has 0 aliphatic carbocycles. The van der Waals surface area contributed by atoms with Crippen LogP contribution >= 0.6 is 11.6 Å². The molecular formula is C11H12ClNO2. The van der Waals surface area contributed by atoms with E-state index in [0.717, 1.165) is 5.56 Å². The van der Waals surface area contributed by atoms with Gasteiger partial charge in [-0.05, 0) is 17.2 Å². The van der Waals surface area contributed by atoms with E-state index in [1.54, 1.807) is 0 Å². The van der Waals surface area contributed by atoms with Crippen molar-refractivity contribution >= 4 is 22.8 Å². The zero-order valence-electron chi connectivity index (χ0n) is 8.20. The van der Waals surface area contributed by atoms with Crippen LogP contribution < -0.4 is 5.32 Å². The van der Waals surface area contributed by atoms with Gasteiger partial charge in [-0.2, -0.15) is 0 Å². The molecule has 15 heavy (non-hydrogen) atoms. The van der Waals surface area contributed by atoms with Gasteiger partial charge in [-0.15, -0.1) is 0 Å². The third kappa shape index (κ3) is 5.18. The van der Waals surface area contributed by atoms with Gasteiger partial charge in [0.25, 0.3) is 0 Å². The lowest BCUT2D eigenvalue weighted by molar-refractivity contribution is -0.123. The maximum atomic E-state index is 11.2. The van der Waals surface area contributed by atoms with Crippen molar-refractivity contribution in [3.05, 3.63) is 35.9 Å². The molecular weight excluding hydrogens is 214 g/mol. The summed E-state index contributed by atoms with van der Waals surface area (Å²) in [5.41, 5.74) is 1.03. The third-order valence-electron chi connectivity index (χ3n) is 1.88. The molecule has 0 aliphatic rings. The Morgan fingerprint density at radius 3 is 2.40 bits per heavy atom. The van der Waals surface area contributed by atoms with Crippen LogP contribution in [0.2, 0.25) is 0 Å². The highest BCUT2D eigenvalue weighted by Gasteiger charge is 2.03. The first-order valence-electron chi connectivity index (χ1n) is 4.67. The number of halogens is 1. The van der Waals surface area contributed by atoms with Crippen LogP contribution in [0.4, 0.5) is 0 Å². The number of hydrogen-bond acceptors (Lipinski definition) is 2. The van der Waals surface area contributed by atoms with Crippen molar-refractivity contribution in [3.8, 4) is 0 Å². The first kappa shape index (κ1) is 11.7. The maximum Gasteiger partial charge on any atom is 0.222 e. The van der Waals surface area contributed by atoms with E-state index in [4.69, 9.17) is 11.6 Å². The highest BCUT2D eigenvalue weighted by Crippen LogP contribution is 1.99. The number of amides is 1. The predicted octanol–water partition coefficient (Wildman–Crippen LogP) is 1.85. The second-order valence-electron chi connectivity index (χ2n) is 3.12. The first-order valence-corrected chi connectivity index (χ1v) is 5.05. The molecule has 0 aromatic heterocycles. The van der Waals surface area contributed by atoms with Gasteiger partial charge in [0, 0.05) is 19.4 Å². The Hall–Kier alpha value is -1.35. The Labute approximate surface area is 93.4 Å². The maximum absolute atomic E-state index is 11.2. The van der Waals surface area contributed by atoms with Gasteiger partial charge in [0.1, 0.15) is 0 Å². The van der Waals surface area contributed by atoms with E-state index >= 15 is 0 Å². The lowest BCUT2D eigenvalue weighted by Crippen LogP contribution is -2.22. The van der Waals surface area contributed by atoms with Crippen molar-refractivity contribution in [1.82, 2.24) is 5.32 Å². The number of carbonyl (C=O) groups is 2. The number of benzene rings is 1. The largest absolute Gasteiger partial charge is 0.352 e. The molecule has 0 saturated carbocycles. The predicted molar refractivity (Wildman–Crippen MR) is 58.4 cm³/mol. The van der Waals surface area contributed by atoms with Gasteiger partial charge in [-0.1, -0.05) is 30.3 Å². The van der Waals surface area contributed by atoms with Crippen LogP contribution in [-0.2, 0) is 16.1 Å². The molecule has 3 nitrogen and oxygen atoms in total. The van der Waals surface area contributed by atoms with Gasteiger partial charge < -0.3 is 5.32 Å². The summed E-state index contributed by atoms with van der Waals surface area (Å²) in [4.78, 5) is 21.6. The van der Waals surface area contributed by atoms with Crippen molar-refractivity contribution in [2.45, 2.75) is 19.4 Å². The third-order valence-corrected chi connectivity index (χ3v) is 2.07. The zero-order valence-corrected chi connectivity index (χ0v) is 8.96. The lowest BCUT2D eigenvalue weighted by atomic mass is 10.2. The van der Waals surface area contributed by atoms with Crippen LogP contribution in [0, 0.1) is 0 Å². The molecule has 0 radical (unpaired) electrons. The second kappa shape index (κ2) is 6.19. The molecule has 0 bridgehead atoms. The van der Waals surface area contributed by atoms with Crippen LogP contribution in [0.15, 0.2) is 30.3 Å². The Kier molecular flexibility index (Phi) is 4.84. The number of hydrogen-bond donors (Lipinski definition) is 1. The summed E-state index contributed by atoms with van der Waals surface area (Å²) >= 11 is 5.12. The molecule has 1 N–H and O–H groups in total. The summed E-state index contributed by atoms with van der Waals surface area (Å²) in [5.74, 6) is -0.159. The second-order valence-corrected chi connectivity index (χ2v) is 3.54. The minimum Gasteiger partial charge on any atom is -0.352 e. The summed E-state index contributed by atoms with van der Waals surface area (Å²) in [6.07, 6.45) is 0.233. The highest BCUT2D eigenvalue weighted by molar-refractivity contribution is 6.63. The van der Waals surface area contributed by atoms with Gasteiger partial charge in [0.15, 0.2) is 0 Å². The van der Waals surface area contributed by atoms with Crippen LogP contribution in [0.3, 0.4) is 0 Å². The van der Waals surface area contributed by atoms with Crippen molar-refractivity contribution in [2.24, 2.45) is 0 Å². The first-order chi connectivity index (χ1) is 7.18. The van der Waals surface area contributed by atoms with Gasteiger partial charge in [0.2, 0.25) is 11.1 Å². The number of carbonyl (C=O) groups excluding carboxylic acids is 2. The van der Waals surface area contributed by atoms with Crippen molar-refractivity contribution in [3.63, 3.8) is 0 Å². The molecule has 0 heterocycles. The topological polar surface area (TPSA) is 46.2 Å². The Bertz CT molecular complexity index is 338. The highest BCUT2D eigenvalue weighted by atomic mass is 35.5. The van der Waals surface area contributed by atoms with Crippen LogP contribution in [0.25, 0.3) is 0 Å². The SMILES string of the molecule is O=C(Cl)CCC(=O)NCc1ccccc1. The van der Waals surface area contributed by atoms with E-state index in [1.807, 2.05) is 30.3 Å². The van der Waals surface area contributed by atoms with Gasteiger partial charge in [-0.25, -0.2) is 0 Å². The van der Waals surface area contributed by atoms with Crippen molar-refractivity contribution in [2.75, 3.05) is 0 Å². The van der Waals surface area contributed by atoms with Crippen LogP contribution in [0.1, 0.15) is 18.4 Å². The molecule has 0 unspecified atom stereocenters. The lowest BCUT2D eigenvalue weighted by Gasteiger charge is -2.03. The van der Waals surface area contributed by atoms with Gasteiger partial charge in [0.05, 0.1) is 0 Å². The quantitative estimate of drug-likeness (QED) is 0.778. The summed E-state index contributed by atoms with van der Waals surface area (Å²) in [6, 6.07) is 9.57. The van der Waals surface area contributed by atoms with E-state index in [2.05, 4.69) is 5.32 Å². The minimum absolute atomic E-state index is 0.0855. The van der Waals surface area contributed by atoms with E-state index < -0.39 is 5.24 Å². The van der Waals surface area contributed by atoms with E-state index in [-0.39, 0.29) is 18.7 Å². The molecule has 0 fully saturated rings. The van der Waals surface area contributed by atoms with E-state index in [1.165, 1.54) is 0 Å². The fraction of sp³-hybridized carbons (Fsp3) is 0.273. The molecule has 1 aromatic rings. The zero-order chi connectivity index (χ0) is 11.1. The molecule has 0 atom stereocenters. The molecule has 1 rings (SSSR count). The Morgan fingerprint density at radius 2 is 1.80 bits per heavy atom. The van der Waals surface area contributed by atoms with Crippen LogP contribution in [0.5, 0.6) is 0 Å².